The number of aliphatic hydroxyl groups is 3. The highest BCUT2D eigenvalue weighted by molar-refractivity contribution is 6.06. The number of nitrogens with one attached hydrogen (secondary N) is 2. The molecule has 0 spiro atoms. The van der Waals surface area contributed by atoms with E-state index in [-0.39, 0.29) is 12.2 Å². The molecule has 1 aromatic heterocycles. The number of aromatic nitrogens is 2. The smallest absolute Gasteiger partial charge is 0.273 e. The standard InChI is InChI=1S/C22H35N5O5/c1-22(2,3)19(21(32)24-12-16(29)17(30)13-28)25-20(31)18-14-8-4-5-9-15(14)27(26-18)11-7-6-10-23/h4-5,8-9,16-17,19,28-30H,6-7,10-13,23H2,1-3H3,(H,24,32)(H,25,31)/t16?,17?,19-/m1/s1. The highest BCUT2D eigenvalue weighted by Gasteiger charge is 2.34. The number of nitrogens with zero attached hydrogens (tertiary/aromatic N) is 2. The molecule has 0 aliphatic carbocycles. The first-order valence-electron chi connectivity index (χ1n) is 10.8. The van der Waals surface area contributed by atoms with Crippen molar-refractivity contribution in [2.75, 3.05) is 19.7 Å². The van der Waals surface area contributed by atoms with E-state index in [2.05, 4.69) is 15.7 Å². The molecular formula is C22H35N5O5. The number of unbranched alkanes of at least 4 members (excludes halogenated alkanes) is 1. The molecule has 1 aromatic carbocycles. The first-order valence-corrected chi connectivity index (χ1v) is 10.8. The van der Waals surface area contributed by atoms with E-state index >= 15 is 0 Å². The molecule has 178 valence electrons. The van der Waals surface area contributed by atoms with Crippen LogP contribution >= 0.6 is 0 Å². The van der Waals surface area contributed by atoms with Gasteiger partial charge in [-0.05, 0) is 30.9 Å². The largest absolute Gasteiger partial charge is 0.394 e. The number of aryl methyl sites for hydroxylation is 1. The number of rotatable bonds is 11. The van der Waals surface area contributed by atoms with Crippen molar-refractivity contribution in [3.63, 3.8) is 0 Å². The molecule has 7 N–H and O–H groups in total. The molecule has 2 amide bonds. The Morgan fingerprint density at radius 3 is 2.47 bits per heavy atom. The Morgan fingerprint density at radius 1 is 1.16 bits per heavy atom. The van der Waals surface area contributed by atoms with E-state index in [0.29, 0.717) is 18.5 Å². The monoisotopic (exact) mass is 449 g/mol. The number of aliphatic hydroxyl groups excluding tert-OH is 3. The number of fused-ring (bicyclic) bond motifs is 1. The van der Waals surface area contributed by atoms with Gasteiger partial charge in [0.05, 0.1) is 18.2 Å². The van der Waals surface area contributed by atoms with Gasteiger partial charge in [0.15, 0.2) is 5.69 Å². The first-order chi connectivity index (χ1) is 15.1. The van der Waals surface area contributed by atoms with Crippen LogP contribution in [0.4, 0.5) is 0 Å². The van der Waals surface area contributed by atoms with Crippen molar-refractivity contribution in [3.05, 3.63) is 30.0 Å². The van der Waals surface area contributed by atoms with Gasteiger partial charge in [-0.3, -0.25) is 14.3 Å². The molecule has 0 saturated carbocycles. The van der Waals surface area contributed by atoms with Crippen LogP contribution in [0.25, 0.3) is 10.9 Å². The van der Waals surface area contributed by atoms with Crippen LogP contribution in [0.5, 0.6) is 0 Å². The van der Waals surface area contributed by atoms with Crippen LogP contribution in [0.1, 0.15) is 44.1 Å². The van der Waals surface area contributed by atoms with Gasteiger partial charge in [0.2, 0.25) is 5.91 Å². The van der Waals surface area contributed by atoms with E-state index in [0.717, 1.165) is 18.4 Å². The number of carbonyl (C=O) groups is 2. The molecule has 0 fully saturated rings. The number of nitrogens with two attached hydrogens (primary N) is 1. The Bertz CT molecular complexity index is 908. The van der Waals surface area contributed by atoms with E-state index in [1.807, 2.05) is 24.3 Å². The summed E-state index contributed by atoms with van der Waals surface area (Å²) in [7, 11) is 0. The maximum Gasteiger partial charge on any atom is 0.273 e. The SMILES string of the molecule is CC(C)(C)[C@H](NC(=O)c1nn(CCCCN)c2ccccc12)C(=O)NCC(O)C(O)CO. The van der Waals surface area contributed by atoms with Crippen LogP contribution in [0.15, 0.2) is 24.3 Å². The van der Waals surface area contributed by atoms with Crippen molar-refractivity contribution in [2.45, 2.75) is 58.4 Å². The topological polar surface area (TPSA) is 163 Å². The normalized spacial score (nSPS) is 14.7. The molecule has 0 bridgehead atoms. The maximum atomic E-state index is 13.1. The molecule has 0 radical (unpaired) electrons. The zero-order valence-electron chi connectivity index (χ0n) is 18.9. The second-order valence-electron chi connectivity index (χ2n) is 8.92. The van der Waals surface area contributed by atoms with Gasteiger partial charge < -0.3 is 31.7 Å². The van der Waals surface area contributed by atoms with Gasteiger partial charge in [0.25, 0.3) is 5.91 Å². The Kier molecular flexibility index (Phi) is 9.14. The van der Waals surface area contributed by atoms with Crippen molar-refractivity contribution < 1.29 is 24.9 Å². The number of benzene rings is 1. The maximum absolute atomic E-state index is 13.1. The minimum Gasteiger partial charge on any atom is -0.394 e. The van der Waals surface area contributed by atoms with E-state index in [9.17, 15) is 19.8 Å². The molecule has 0 aliphatic rings. The third-order valence-electron chi connectivity index (χ3n) is 5.22. The summed E-state index contributed by atoms with van der Waals surface area (Å²) in [6.45, 7) is 5.73. The second kappa shape index (κ2) is 11.4. The molecular weight excluding hydrogens is 414 g/mol. The summed E-state index contributed by atoms with van der Waals surface area (Å²) < 4.78 is 1.78. The van der Waals surface area contributed by atoms with Gasteiger partial charge in [0, 0.05) is 18.5 Å². The van der Waals surface area contributed by atoms with Gasteiger partial charge in [-0.25, -0.2) is 0 Å². The Balaban J connectivity index is 2.21. The lowest BCUT2D eigenvalue weighted by molar-refractivity contribution is -0.126. The number of hydrogen-bond donors (Lipinski definition) is 6. The number of para-hydroxylation sites is 1. The molecule has 10 heteroatoms. The van der Waals surface area contributed by atoms with Crippen LogP contribution in [0, 0.1) is 5.41 Å². The predicted octanol–water partition coefficient (Wildman–Crippen LogP) is -0.250. The van der Waals surface area contributed by atoms with E-state index in [1.54, 1.807) is 25.5 Å². The average molecular weight is 450 g/mol. The molecule has 32 heavy (non-hydrogen) atoms. The van der Waals surface area contributed by atoms with Crippen molar-refractivity contribution in [2.24, 2.45) is 11.1 Å². The lowest BCUT2D eigenvalue weighted by atomic mass is 9.86. The van der Waals surface area contributed by atoms with Gasteiger partial charge in [-0.2, -0.15) is 5.10 Å². The third-order valence-corrected chi connectivity index (χ3v) is 5.22. The molecule has 1 heterocycles. The minimum absolute atomic E-state index is 0.228. The summed E-state index contributed by atoms with van der Waals surface area (Å²) in [6, 6.07) is 6.49. The van der Waals surface area contributed by atoms with E-state index in [4.69, 9.17) is 10.8 Å². The van der Waals surface area contributed by atoms with Crippen LogP contribution in [-0.4, -0.2) is 74.9 Å². The summed E-state index contributed by atoms with van der Waals surface area (Å²) in [5.74, 6) is -0.994. The fourth-order valence-corrected chi connectivity index (χ4v) is 3.31. The molecule has 0 saturated heterocycles. The summed E-state index contributed by atoms with van der Waals surface area (Å²) in [5, 5.41) is 38.7. The van der Waals surface area contributed by atoms with Crippen molar-refractivity contribution in [1.82, 2.24) is 20.4 Å². The minimum atomic E-state index is -1.37. The van der Waals surface area contributed by atoms with Crippen LogP contribution < -0.4 is 16.4 Å². The molecule has 2 rings (SSSR count). The Labute approximate surface area is 187 Å². The van der Waals surface area contributed by atoms with Crippen LogP contribution in [-0.2, 0) is 11.3 Å². The van der Waals surface area contributed by atoms with Crippen molar-refractivity contribution in [3.8, 4) is 0 Å². The molecule has 10 nitrogen and oxygen atoms in total. The van der Waals surface area contributed by atoms with E-state index < -0.39 is 42.1 Å². The summed E-state index contributed by atoms with van der Waals surface area (Å²) in [6.07, 6.45) is -1.02. The van der Waals surface area contributed by atoms with Crippen LogP contribution in [0.3, 0.4) is 0 Å². The number of carbonyl (C=O) groups excluding carboxylic acids is 2. The molecule has 3 atom stereocenters. The lowest BCUT2D eigenvalue weighted by Gasteiger charge is -2.30. The molecule has 2 aromatic rings. The number of hydrogen-bond acceptors (Lipinski definition) is 7. The molecule has 0 aliphatic heterocycles. The zero-order valence-corrected chi connectivity index (χ0v) is 18.9. The third kappa shape index (κ3) is 6.49. The highest BCUT2D eigenvalue weighted by atomic mass is 16.4. The summed E-state index contributed by atoms with van der Waals surface area (Å²) in [5.41, 5.74) is 5.99. The fourth-order valence-electron chi connectivity index (χ4n) is 3.31. The Morgan fingerprint density at radius 2 is 1.84 bits per heavy atom. The van der Waals surface area contributed by atoms with Crippen molar-refractivity contribution in [1.29, 1.82) is 0 Å². The predicted molar refractivity (Wildman–Crippen MR) is 121 cm³/mol. The van der Waals surface area contributed by atoms with Gasteiger partial charge in [-0.1, -0.05) is 39.0 Å². The first kappa shape index (κ1) is 25.7. The summed E-state index contributed by atoms with van der Waals surface area (Å²) in [4.78, 5) is 25.9. The van der Waals surface area contributed by atoms with Crippen molar-refractivity contribution >= 4 is 22.7 Å². The lowest BCUT2D eigenvalue weighted by Crippen LogP contribution is -2.55. The van der Waals surface area contributed by atoms with Gasteiger partial charge in [0.1, 0.15) is 12.1 Å². The van der Waals surface area contributed by atoms with E-state index in [1.165, 1.54) is 0 Å². The zero-order chi connectivity index (χ0) is 23.9. The number of amides is 2. The Hall–Kier alpha value is -2.53. The summed E-state index contributed by atoms with van der Waals surface area (Å²) >= 11 is 0. The van der Waals surface area contributed by atoms with Gasteiger partial charge >= 0.3 is 0 Å². The highest BCUT2D eigenvalue weighted by Crippen LogP contribution is 2.22. The van der Waals surface area contributed by atoms with Crippen LogP contribution in [0.2, 0.25) is 0 Å². The average Bonchev–Trinajstić information content (AvgIpc) is 3.13. The molecule has 2 unspecified atom stereocenters. The fraction of sp³-hybridized carbons (Fsp3) is 0.591. The second-order valence-corrected chi connectivity index (χ2v) is 8.92. The quantitative estimate of drug-likeness (QED) is 0.258. The van der Waals surface area contributed by atoms with Gasteiger partial charge in [-0.15, -0.1) is 0 Å².